The van der Waals surface area contributed by atoms with E-state index in [0.717, 1.165) is 33.3 Å². The molecule has 164 valence electrons. The standard InChI is InChI=1S/C28H25N3O2/c1-20-12-13-21(2)27(16-20)33-15-14-31-19-23(25-10-6-7-11-26(25)31)17-22(18-29)28(32)30-24-8-4-3-5-9-24/h3-13,16-17,19H,14-15H2,1-2H3,(H,30,32)/b22-17+. The summed E-state index contributed by atoms with van der Waals surface area (Å²) in [6, 6.07) is 25.3. The summed E-state index contributed by atoms with van der Waals surface area (Å²) in [5, 5.41) is 13.4. The van der Waals surface area contributed by atoms with Crippen LogP contribution in [0, 0.1) is 25.2 Å². The molecule has 0 unspecified atom stereocenters. The molecular formula is C28H25N3O2. The van der Waals surface area contributed by atoms with Crippen molar-refractivity contribution < 1.29 is 9.53 Å². The fourth-order valence-corrected chi connectivity index (χ4v) is 3.72. The number of aryl methyl sites for hydroxylation is 2. The van der Waals surface area contributed by atoms with Crippen molar-refractivity contribution in [3.8, 4) is 11.8 Å². The molecule has 5 heteroatoms. The lowest BCUT2D eigenvalue weighted by Gasteiger charge is -2.11. The predicted octanol–water partition coefficient (Wildman–Crippen LogP) is 5.88. The van der Waals surface area contributed by atoms with Crippen molar-refractivity contribution in [2.75, 3.05) is 11.9 Å². The minimum atomic E-state index is -0.432. The highest BCUT2D eigenvalue weighted by Gasteiger charge is 2.13. The van der Waals surface area contributed by atoms with Crippen molar-refractivity contribution in [3.05, 3.63) is 101 Å². The number of aromatic nitrogens is 1. The summed E-state index contributed by atoms with van der Waals surface area (Å²) in [5.74, 6) is 0.453. The monoisotopic (exact) mass is 435 g/mol. The molecule has 0 bridgehead atoms. The van der Waals surface area contributed by atoms with Gasteiger partial charge in [0.1, 0.15) is 24.0 Å². The lowest BCUT2D eigenvalue weighted by molar-refractivity contribution is -0.112. The number of hydrogen-bond acceptors (Lipinski definition) is 3. The third-order valence-corrected chi connectivity index (χ3v) is 5.45. The molecule has 3 aromatic carbocycles. The molecule has 1 N–H and O–H groups in total. The quantitative estimate of drug-likeness (QED) is 0.291. The van der Waals surface area contributed by atoms with Crippen LogP contribution in [0.25, 0.3) is 17.0 Å². The highest BCUT2D eigenvalue weighted by Crippen LogP contribution is 2.25. The minimum Gasteiger partial charge on any atom is -0.491 e. The number of nitrogens with one attached hydrogen (secondary N) is 1. The summed E-state index contributed by atoms with van der Waals surface area (Å²) in [6.45, 7) is 5.23. The van der Waals surface area contributed by atoms with Crippen LogP contribution < -0.4 is 10.1 Å². The third kappa shape index (κ3) is 5.13. The van der Waals surface area contributed by atoms with Crippen LogP contribution in [0.3, 0.4) is 0 Å². The van der Waals surface area contributed by atoms with Crippen molar-refractivity contribution in [3.63, 3.8) is 0 Å². The van der Waals surface area contributed by atoms with Gasteiger partial charge in [-0.3, -0.25) is 4.79 Å². The highest BCUT2D eigenvalue weighted by atomic mass is 16.5. The number of para-hydroxylation sites is 2. The summed E-state index contributed by atoms with van der Waals surface area (Å²) >= 11 is 0. The summed E-state index contributed by atoms with van der Waals surface area (Å²) < 4.78 is 8.13. The molecule has 1 aromatic heterocycles. The summed E-state index contributed by atoms with van der Waals surface area (Å²) in [5.41, 5.74) is 4.80. The van der Waals surface area contributed by atoms with Gasteiger partial charge in [-0.15, -0.1) is 0 Å². The topological polar surface area (TPSA) is 67.0 Å². The van der Waals surface area contributed by atoms with E-state index in [1.54, 1.807) is 18.2 Å². The zero-order valence-electron chi connectivity index (χ0n) is 18.7. The van der Waals surface area contributed by atoms with E-state index < -0.39 is 5.91 Å². The van der Waals surface area contributed by atoms with Crippen molar-refractivity contribution >= 4 is 28.6 Å². The molecule has 5 nitrogen and oxygen atoms in total. The fourth-order valence-electron chi connectivity index (χ4n) is 3.72. The van der Waals surface area contributed by atoms with Gasteiger partial charge in [-0.05, 0) is 55.3 Å². The van der Waals surface area contributed by atoms with Crippen LogP contribution >= 0.6 is 0 Å². The number of carbonyl (C=O) groups excluding carboxylic acids is 1. The van der Waals surface area contributed by atoms with E-state index in [0.29, 0.717) is 18.8 Å². The Bertz CT molecular complexity index is 1360. The van der Waals surface area contributed by atoms with Gasteiger partial charge in [-0.25, -0.2) is 0 Å². The number of fused-ring (bicyclic) bond motifs is 1. The molecule has 0 atom stereocenters. The van der Waals surface area contributed by atoms with Crippen molar-refractivity contribution in [1.29, 1.82) is 5.26 Å². The number of ether oxygens (including phenoxy) is 1. The second-order valence-electron chi connectivity index (χ2n) is 7.90. The van der Waals surface area contributed by atoms with Gasteiger partial charge in [0, 0.05) is 28.4 Å². The van der Waals surface area contributed by atoms with Gasteiger partial charge in [-0.2, -0.15) is 5.26 Å². The van der Waals surface area contributed by atoms with Crippen molar-refractivity contribution in [2.24, 2.45) is 0 Å². The molecular weight excluding hydrogens is 410 g/mol. The van der Waals surface area contributed by atoms with Crippen LogP contribution in [0.4, 0.5) is 5.69 Å². The van der Waals surface area contributed by atoms with Crippen molar-refractivity contribution in [1.82, 2.24) is 4.57 Å². The van der Waals surface area contributed by atoms with Gasteiger partial charge < -0.3 is 14.6 Å². The maximum absolute atomic E-state index is 12.7. The Balaban J connectivity index is 1.56. The number of rotatable bonds is 7. The Kier molecular flexibility index (Phi) is 6.56. The smallest absolute Gasteiger partial charge is 0.266 e. The maximum atomic E-state index is 12.7. The molecule has 33 heavy (non-hydrogen) atoms. The van der Waals surface area contributed by atoms with E-state index in [-0.39, 0.29) is 5.57 Å². The lowest BCUT2D eigenvalue weighted by Crippen LogP contribution is -2.13. The first kappa shape index (κ1) is 21.9. The average molecular weight is 436 g/mol. The van der Waals surface area contributed by atoms with Crippen LogP contribution in [-0.4, -0.2) is 17.1 Å². The zero-order chi connectivity index (χ0) is 23.2. The van der Waals surface area contributed by atoms with Crippen LogP contribution in [0.5, 0.6) is 5.75 Å². The molecule has 0 aliphatic carbocycles. The van der Waals surface area contributed by atoms with Crippen LogP contribution in [-0.2, 0) is 11.3 Å². The number of hydrogen-bond donors (Lipinski definition) is 1. The van der Waals surface area contributed by atoms with Gasteiger partial charge >= 0.3 is 0 Å². The second-order valence-corrected chi connectivity index (χ2v) is 7.90. The minimum absolute atomic E-state index is 0.0494. The molecule has 1 heterocycles. The molecule has 1 amide bonds. The first-order valence-corrected chi connectivity index (χ1v) is 10.8. The van der Waals surface area contributed by atoms with E-state index in [2.05, 4.69) is 22.0 Å². The second kappa shape index (κ2) is 9.88. The third-order valence-electron chi connectivity index (χ3n) is 5.45. The van der Waals surface area contributed by atoms with E-state index in [4.69, 9.17) is 4.74 Å². The number of nitriles is 1. The van der Waals surface area contributed by atoms with Crippen LogP contribution in [0.15, 0.2) is 84.6 Å². The zero-order valence-corrected chi connectivity index (χ0v) is 18.7. The van der Waals surface area contributed by atoms with Crippen LogP contribution in [0.2, 0.25) is 0 Å². The molecule has 0 saturated carbocycles. The van der Waals surface area contributed by atoms with Crippen molar-refractivity contribution in [2.45, 2.75) is 20.4 Å². The first-order valence-electron chi connectivity index (χ1n) is 10.8. The van der Waals surface area contributed by atoms with Gasteiger partial charge in [-0.1, -0.05) is 48.5 Å². The molecule has 0 aliphatic rings. The van der Waals surface area contributed by atoms with Gasteiger partial charge in [0.15, 0.2) is 0 Å². The van der Waals surface area contributed by atoms with Gasteiger partial charge in [0.05, 0.1) is 6.54 Å². The Morgan fingerprint density at radius 1 is 1.06 bits per heavy atom. The van der Waals surface area contributed by atoms with E-state index >= 15 is 0 Å². The molecule has 0 saturated heterocycles. The summed E-state index contributed by atoms with van der Waals surface area (Å²) in [7, 11) is 0. The largest absolute Gasteiger partial charge is 0.491 e. The SMILES string of the molecule is Cc1ccc(C)c(OCCn2cc(/C=C(\C#N)C(=O)Nc3ccccc3)c3ccccc32)c1. The average Bonchev–Trinajstić information content (AvgIpc) is 3.17. The van der Waals surface area contributed by atoms with Crippen LogP contribution in [0.1, 0.15) is 16.7 Å². The normalized spacial score (nSPS) is 11.2. The Labute approximate surface area is 193 Å². The maximum Gasteiger partial charge on any atom is 0.266 e. The highest BCUT2D eigenvalue weighted by molar-refractivity contribution is 6.10. The number of amides is 1. The number of benzene rings is 3. The van der Waals surface area contributed by atoms with Gasteiger partial charge in [0.2, 0.25) is 0 Å². The molecule has 0 fully saturated rings. The molecule has 0 aliphatic heterocycles. The number of anilines is 1. The molecule has 4 rings (SSSR count). The summed E-state index contributed by atoms with van der Waals surface area (Å²) in [6.07, 6.45) is 3.60. The number of nitrogens with zero attached hydrogens (tertiary/aromatic N) is 2. The predicted molar refractivity (Wildman–Crippen MR) is 132 cm³/mol. The first-order chi connectivity index (χ1) is 16.0. The lowest BCUT2D eigenvalue weighted by atomic mass is 10.1. The fraction of sp³-hybridized carbons (Fsp3) is 0.143. The van der Waals surface area contributed by atoms with E-state index in [9.17, 15) is 10.1 Å². The Morgan fingerprint density at radius 2 is 1.82 bits per heavy atom. The molecule has 4 aromatic rings. The Hall–Kier alpha value is -4.30. The van der Waals surface area contributed by atoms with E-state index in [1.807, 2.05) is 74.6 Å². The van der Waals surface area contributed by atoms with Gasteiger partial charge in [0.25, 0.3) is 5.91 Å². The summed E-state index contributed by atoms with van der Waals surface area (Å²) in [4.78, 5) is 12.7. The Morgan fingerprint density at radius 3 is 2.61 bits per heavy atom. The molecule has 0 spiro atoms. The molecule has 0 radical (unpaired) electrons. The van der Waals surface area contributed by atoms with E-state index in [1.165, 1.54) is 0 Å². The number of carbonyl (C=O) groups is 1.